The van der Waals surface area contributed by atoms with Gasteiger partial charge in [-0.25, -0.2) is 0 Å². The van der Waals surface area contributed by atoms with Gasteiger partial charge in [0.15, 0.2) is 0 Å². The van der Waals surface area contributed by atoms with Crippen LogP contribution in [0.15, 0.2) is 0 Å². The summed E-state index contributed by atoms with van der Waals surface area (Å²) in [6, 6.07) is 0. The van der Waals surface area contributed by atoms with Crippen molar-refractivity contribution in [3.63, 3.8) is 0 Å². The predicted molar refractivity (Wildman–Crippen MR) is 58.0 cm³/mol. The highest BCUT2D eigenvalue weighted by atomic mass is 15.2. The van der Waals surface area contributed by atoms with Crippen LogP contribution in [0.1, 0.15) is 26.7 Å². The molecule has 0 aliphatic heterocycles. The molecule has 0 heterocycles. The van der Waals surface area contributed by atoms with E-state index in [0.29, 0.717) is 5.41 Å². The Labute approximate surface area is 82.9 Å². The molecule has 1 rings (SSSR count). The second-order valence-electron chi connectivity index (χ2n) is 4.94. The fraction of sp³-hybridized carbons (Fsp3) is 1.00. The van der Waals surface area contributed by atoms with E-state index in [0.717, 1.165) is 6.54 Å². The highest BCUT2D eigenvalue weighted by Gasteiger charge is 2.37. The smallest absolute Gasteiger partial charge is 0.0106 e. The maximum absolute atomic E-state index is 2.47. The molecule has 0 spiro atoms. The van der Waals surface area contributed by atoms with Crippen LogP contribution in [0.4, 0.5) is 0 Å². The van der Waals surface area contributed by atoms with Crippen molar-refractivity contribution in [3.05, 3.63) is 0 Å². The molecule has 1 aliphatic carbocycles. The average Bonchev–Trinajstić information content (AvgIpc) is 2.79. The maximum Gasteiger partial charge on any atom is 0.0106 e. The van der Waals surface area contributed by atoms with E-state index in [1.807, 2.05) is 0 Å². The minimum absolute atomic E-state index is 0.666. The van der Waals surface area contributed by atoms with Gasteiger partial charge >= 0.3 is 0 Å². The second-order valence-corrected chi connectivity index (χ2v) is 4.94. The molecule has 0 bridgehead atoms. The molecule has 2 nitrogen and oxygen atoms in total. The van der Waals surface area contributed by atoms with Crippen LogP contribution in [0.3, 0.4) is 0 Å². The summed E-state index contributed by atoms with van der Waals surface area (Å²) in [5.41, 5.74) is 0.666. The zero-order chi connectivity index (χ0) is 9.90. The van der Waals surface area contributed by atoms with E-state index in [9.17, 15) is 0 Å². The third-order valence-corrected chi connectivity index (χ3v) is 3.16. The monoisotopic (exact) mass is 184 g/mol. The largest absolute Gasteiger partial charge is 0.305 e. The Morgan fingerprint density at radius 1 is 1.08 bits per heavy atom. The Bertz CT molecular complexity index is 152. The van der Waals surface area contributed by atoms with E-state index >= 15 is 0 Å². The molecule has 1 fully saturated rings. The van der Waals surface area contributed by atoms with Crippen LogP contribution in [-0.2, 0) is 0 Å². The molecule has 0 aromatic heterocycles. The molecule has 13 heavy (non-hydrogen) atoms. The lowest BCUT2D eigenvalue weighted by Gasteiger charge is -2.23. The van der Waals surface area contributed by atoms with Crippen molar-refractivity contribution in [2.24, 2.45) is 5.41 Å². The first-order valence-corrected chi connectivity index (χ1v) is 5.43. The van der Waals surface area contributed by atoms with Crippen LogP contribution in [-0.4, -0.2) is 50.1 Å². The molecular formula is C11H24N2. The molecule has 0 unspecified atom stereocenters. The first-order valence-electron chi connectivity index (χ1n) is 5.43. The van der Waals surface area contributed by atoms with E-state index in [2.05, 4.69) is 37.7 Å². The van der Waals surface area contributed by atoms with E-state index in [1.54, 1.807) is 0 Å². The highest BCUT2D eigenvalue weighted by Crippen LogP contribution is 2.45. The molecule has 2 heteroatoms. The minimum atomic E-state index is 0.666. The van der Waals surface area contributed by atoms with Crippen molar-refractivity contribution in [1.29, 1.82) is 0 Å². The molecule has 0 aromatic carbocycles. The summed E-state index contributed by atoms with van der Waals surface area (Å²) in [6.07, 6.45) is 2.86. The minimum Gasteiger partial charge on any atom is -0.305 e. The van der Waals surface area contributed by atoms with Gasteiger partial charge in [-0.05, 0) is 38.9 Å². The highest BCUT2D eigenvalue weighted by molar-refractivity contribution is 4.90. The molecule has 0 atom stereocenters. The van der Waals surface area contributed by atoms with Crippen molar-refractivity contribution in [2.75, 3.05) is 40.3 Å². The quantitative estimate of drug-likeness (QED) is 0.619. The van der Waals surface area contributed by atoms with Crippen molar-refractivity contribution < 1.29 is 0 Å². The van der Waals surface area contributed by atoms with Crippen LogP contribution in [0.5, 0.6) is 0 Å². The van der Waals surface area contributed by atoms with Crippen molar-refractivity contribution >= 4 is 0 Å². The predicted octanol–water partition coefficient (Wildman–Crippen LogP) is 1.67. The summed E-state index contributed by atoms with van der Waals surface area (Å²) in [5, 5.41) is 0. The summed E-state index contributed by atoms with van der Waals surface area (Å²) < 4.78 is 0. The van der Waals surface area contributed by atoms with Gasteiger partial charge in [0.2, 0.25) is 0 Å². The topological polar surface area (TPSA) is 6.48 Å². The molecular weight excluding hydrogens is 160 g/mol. The molecule has 78 valence electrons. The summed E-state index contributed by atoms with van der Waals surface area (Å²) >= 11 is 0. The van der Waals surface area contributed by atoms with Gasteiger partial charge in [-0.1, -0.05) is 13.8 Å². The van der Waals surface area contributed by atoms with Crippen LogP contribution < -0.4 is 0 Å². The third kappa shape index (κ3) is 4.10. The van der Waals surface area contributed by atoms with Crippen molar-refractivity contribution in [1.82, 2.24) is 9.80 Å². The van der Waals surface area contributed by atoms with E-state index < -0.39 is 0 Å². The lowest BCUT2D eigenvalue weighted by atomic mass is 10.1. The Balaban J connectivity index is 2.07. The van der Waals surface area contributed by atoms with Gasteiger partial charge in [0, 0.05) is 19.6 Å². The fourth-order valence-electron chi connectivity index (χ4n) is 1.60. The van der Waals surface area contributed by atoms with Gasteiger partial charge in [0.1, 0.15) is 0 Å². The van der Waals surface area contributed by atoms with Gasteiger partial charge in [-0.2, -0.15) is 0 Å². The van der Waals surface area contributed by atoms with Crippen molar-refractivity contribution in [2.45, 2.75) is 26.7 Å². The Morgan fingerprint density at radius 3 is 2.08 bits per heavy atom. The number of likely N-dealkylation sites (N-methyl/N-ethyl adjacent to an activating group) is 2. The average molecular weight is 184 g/mol. The zero-order valence-electron chi connectivity index (χ0n) is 9.64. The SMILES string of the molecule is CCN(C)CCN(C)CC1(C)CC1. The fourth-order valence-corrected chi connectivity index (χ4v) is 1.60. The summed E-state index contributed by atoms with van der Waals surface area (Å²) in [5.74, 6) is 0. The number of hydrogen-bond donors (Lipinski definition) is 0. The zero-order valence-corrected chi connectivity index (χ0v) is 9.64. The van der Waals surface area contributed by atoms with Crippen LogP contribution in [0.25, 0.3) is 0 Å². The number of nitrogens with zero attached hydrogens (tertiary/aromatic N) is 2. The van der Waals surface area contributed by atoms with Crippen molar-refractivity contribution in [3.8, 4) is 0 Å². The summed E-state index contributed by atoms with van der Waals surface area (Å²) in [7, 11) is 4.43. The Morgan fingerprint density at radius 2 is 1.62 bits per heavy atom. The molecule has 1 saturated carbocycles. The molecule has 0 amide bonds. The lowest BCUT2D eigenvalue weighted by Crippen LogP contribution is -2.33. The first-order chi connectivity index (χ1) is 6.06. The first kappa shape index (κ1) is 11.0. The van der Waals surface area contributed by atoms with E-state index in [-0.39, 0.29) is 0 Å². The van der Waals surface area contributed by atoms with Gasteiger partial charge in [0.25, 0.3) is 0 Å². The number of rotatable bonds is 6. The summed E-state index contributed by atoms with van der Waals surface area (Å²) in [4.78, 5) is 4.84. The van der Waals surface area contributed by atoms with Gasteiger partial charge in [0.05, 0.1) is 0 Å². The molecule has 0 N–H and O–H groups in total. The lowest BCUT2D eigenvalue weighted by molar-refractivity contribution is 0.233. The van der Waals surface area contributed by atoms with Gasteiger partial charge < -0.3 is 9.80 Å². The molecule has 0 aromatic rings. The standard InChI is InChI=1S/C11H24N2/c1-5-12(3)8-9-13(4)10-11(2)6-7-11/h5-10H2,1-4H3. The molecule has 0 saturated heterocycles. The second kappa shape index (κ2) is 4.43. The molecule has 0 radical (unpaired) electrons. The Hall–Kier alpha value is -0.0800. The Kier molecular flexibility index (Phi) is 3.74. The van der Waals surface area contributed by atoms with Crippen LogP contribution >= 0.6 is 0 Å². The third-order valence-electron chi connectivity index (χ3n) is 3.16. The maximum atomic E-state index is 2.47. The van der Waals surface area contributed by atoms with E-state index in [4.69, 9.17) is 0 Å². The van der Waals surface area contributed by atoms with Crippen LogP contribution in [0, 0.1) is 5.41 Å². The molecule has 1 aliphatic rings. The van der Waals surface area contributed by atoms with Crippen LogP contribution in [0.2, 0.25) is 0 Å². The normalized spacial score (nSPS) is 19.8. The van der Waals surface area contributed by atoms with Gasteiger partial charge in [-0.3, -0.25) is 0 Å². The van der Waals surface area contributed by atoms with E-state index in [1.165, 1.54) is 32.5 Å². The summed E-state index contributed by atoms with van der Waals surface area (Å²) in [6.45, 7) is 9.45. The number of hydrogen-bond acceptors (Lipinski definition) is 2. The van der Waals surface area contributed by atoms with Gasteiger partial charge in [-0.15, -0.1) is 0 Å².